The minimum Gasteiger partial charge on any atom is -0.444 e. The van der Waals surface area contributed by atoms with Gasteiger partial charge in [-0.1, -0.05) is 40.2 Å². The molecule has 2 heterocycles. The molecule has 6 heteroatoms. The van der Waals surface area contributed by atoms with Crippen LogP contribution in [0.25, 0.3) is 11.3 Å². The molecule has 5 nitrogen and oxygen atoms in total. The molecule has 1 atom stereocenters. The van der Waals surface area contributed by atoms with E-state index in [1.165, 1.54) is 0 Å². The van der Waals surface area contributed by atoms with Gasteiger partial charge in [0, 0.05) is 11.0 Å². The van der Waals surface area contributed by atoms with E-state index in [0.29, 0.717) is 6.54 Å². The lowest BCUT2D eigenvalue weighted by molar-refractivity contribution is 0.0235. The van der Waals surface area contributed by atoms with Gasteiger partial charge in [-0.05, 0) is 38.5 Å². The van der Waals surface area contributed by atoms with Gasteiger partial charge in [-0.3, -0.25) is 4.90 Å². The molecule has 1 amide bonds. The number of ether oxygens (including phenoxy) is 1. The number of aromatic nitrogens is 2. The molecule has 24 heavy (non-hydrogen) atoms. The molecule has 1 aromatic heterocycles. The number of rotatable bonds is 2. The minimum absolute atomic E-state index is 0.232. The minimum atomic E-state index is -0.518. The van der Waals surface area contributed by atoms with E-state index in [0.717, 1.165) is 21.6 Å². The number of carbonyl (C=O) groups is 1. The molecule has 1 N–H and O–H groups in total. The lowest BCUT2D eigenvalue weighted by atomic mass is 10.2. The summed E-state index contributed by atoms with van der Waals surface area (Å²) in [5.41, 5.74) is 1.44. The number of nitrogens with zero attached hydrogens (tertiary/aromatic N) is 2. The van der Waals surface area contributed by atoms with E-state index in [1.54, 1.807) is 11.1 Å². The Balaban J connectivity index is 1.79. The molecule has 1 aliphatic rings. The monoisotopic (exact) mass is 389 g/mol. The molecule has 0 spiro atoms. The maximum atomic E-state index is 12.4. The molecular weight excluding hydrogens is 370 g/mol. The fourth-order valence-corrected chi connectivity index (χ4v) is 2.80. The zero-order valence-electron chi connectivity index (χ0n) is 13.9. The first-order chi connectivity index (χ1) is 11.3. The van der Waals surface area contributed by atoms with E-state index in [9.17, 15) is 4.79 Å². The van der Waals surface area contributed by atoms with Crippen molar-refractivity contribution in [3.63, 3.8) is 0 Å². The molecule has 3 rings (SSSR count). The van der Waals surface area contributed by atoms with Crippen LogP contribution in [0.5, 0.6) is 0 Å². The van der Waals surface area contributed by atoms with Crippen molar-refractivity contribution in [2.45, 2.75) is 32.4 Å². The lowest BCUT2D eigenvalue weighted by Gasteiger charge is -2.27. The van der Waals surface area contributed by atoms with Crippen molar-refractivity contribution in [2.75, 3.05) is 6.54 Å². The van der Waals surface area contributed by atoms with E-state index in [4.69, 9.17) is 4.74 Å². The quantitative estimate of drug-likeness (QED) is 0.757. The van der Waals surface area contributed by atoms with Crippen LogP contribution in [0.1, 0.15) is 32.6 Å². The number of nitrogens with one attached hydrogen (secondary N) is 1. The summed E-state index contributed by atoms with van der Waals surface area (Å²) in [6.07, 6.45) is 5.38. The van der Waals surface area contributed by atoms with E-state index in [2.05, 4.69) is 25.9 Å². The standard InChI is InChI=1S/C18H20BrN3O2/c1-18(2,3)24-17(23)22-10-4-5-15(22)16-20-11-14(21-16)12-6-8-13(19)9-7-12/h4-9,11,15H,10H2,1-3H3,(H,20,21)/t15-/m0/s1. The number of benzene rings is 1. The number of carbonyl (C=O) groups excluding carboxylic acids is 1. The van der Waals surface area contributed by atoms with Gasteiger partial charge in [-0.2, -0.15) is 0 Å². The van der Waals surface area contributed by atoms with E-state index in [-0.39, 0.29) is 12.1 Å². The third-order valence-electron chi connectivity index (χ3n) is 3.62. The van der Waals surface area contributed by atoms with Crippen LogP contribution >= 0.6 is 15.9 Å². The molecule has 0 saturated carbocycles. The summed E-state index contributed by atoms with van der Waals surface area (Å²) >= 11 is 3.43. The van der Waals surface area contributed by atoms with Crippen LogP contribution in [-0.2, 0) is 4.74 Å². The molecule has 0 bridgehead atoms. The topological polar surface area (TPSA) is 58.2 Å². The Labute approximate surface area is 149 Å². The van der Waals surface area contributed by atoms with Crippen LogP contribution in [0.15, 0.2) is 47.1 Å². The van der Waals surface area contributed by atoms with E-state index < -0.39 is 5.60 Å². The van der Waals surface area contributed by atoms with E-state index >= 15 is 0 Å². The van der Waals surface area contributed by atoms with Crippen molar-refractivity contribution < 1.29 is 9.53 Å². The highest BCUT2D eigenvalue weighted by Crippen LogP contribution is 2.28. The molecule has 126 valence electrons. The first kappa shape index (κ1) is 16.8. The van der Waals surface area contributed by atoms with Crippen LogP contribution in [-0.4, -0.2) is 33.1 Å². The molecule has 0 unspecified atom stereocenters. The Morgan fingerprint density at radius 1 is 1.33 bits per heavy atom. The largest absolute Gasteiger partial charge is 0.444 e. The maximum absolute atomic E-state index is 12.4. The molecule has 0 saturated heterocycles. The molecule has 0 aliphatic carbocycles. The summed E-state index contributed by atoms with van der Waals surface area (Å²) in [7, 11) is 0. The Morgan fingerprint density at radius 2 is 2.04 bits per heavy atom. The van der Waals surface area contributed by atoms with Crippen LogP contribution in [0.2, 0.25) is 0 Å². The van der Waals surface area contributed by atoms with Gasteiger partial charge >= 0.3 is 6.09 Å². The number of aromatic amines is 1. The number of imidazole rings is 1. The average molecular weight is 390 g/mol. The van der Waals surface area contributed by atoms with Crippen molar-refractivity contribution in [3.05, 3.63) is 52.9 Å². The Kier molecular flexibility index (Phi) is 4.49. The first-order valence-corrected chi connectivity index (χ1v) is 8.60. The summed E-state index contributed by atoms with van der Waals surface area (Å²) in [5, 5.41) is 0. The number of hydrogen-bond donors (Lipinski definition) is 1. The van der Waals surface area contributed by atoms with Gasteiger partial charge < -0.3 is 9.72 Å². The number of halogens is 1. The predicted molar refractivity (Wildman–Crippen MR) is 96.5 cm³/mol. The van der Waals surface area contributed by atoms with Gasteiger partial charge in [0.15, 0.2) is 0 Å². The third-order valence-corrected chi connectivity index (χ3v) is 4.14. The summed E-state index contributed by atoms with van der Waals surface area (Å²) in [5.74, 6) is 0.729. The zero-order chi connectivity index (χ0) is 17.3. The van der Waals surface area contributed by atoms with Crippen molar-refractivity contribution in [3.8, 4) is 11.3 Å². The fraction of sp³-hybridized carbons (Fsp3) is 0.333. The second kappa shape index (κ2) is 6.43. The summed E-state index contributed by atoms with van der Waals surface area (Å²) in [4.78, 5) is 21.8. The van der Waals surface area contributed by atoms with Gasteiger partial charge in [0.05, 0.1) is 11.9 Å². The zero-order valence-corrected chi connectivity index (χ0v) is 15.5. The van der Waals surface area contributed by atoms with Gasteiger partial charge in [-0.15, -0.1) is 0 Å². The third kappa shape index (κ3) is 3.70. The fourth-order valence-electron chi connectivity index (χ4n) is 2.53. The SMILES string of the molecule is CC(C)(C)OC(=O)N1CC=C[C@H]1c1ncc(-c2ccc(Br)cc2)[nH]1. The van der Waals surface area contributed by atoms with Crippen molar-refractivity contribution in [1.82, 2.24) is 14.9 Å². The van der Waals surface area contributed by atoms with Crippen molar-refractivity contribution >= 4 is 22.0 Å². The smallest absolute Gasteiger partial charge is 0.411 e. The summed E-state index contributed by atoms with van der Waals surface area (Å²) < 4.78 is 6.51. The highest BCUT2D eigenvalue weighted by molar-refractivity contribution is 9.10. The molecule has 0 radical (unpaired) electrons. The van der Waals surface area contributed by atoms with Gasteiger partial charge in [0.2, 0.25) is 0 Å². The second-order valence-corrected chi connectivity index (χ2v) is 7.61. The number of hydrogen-bond acceptors (Lipinski definition) is 3. The number of amides is 1. The Morgan fingerprint density at radius 3 is 2.71 bits per heavy atom. The Hall–Kier alpha value is -2.08. The van der Waals surface area contributed by atoms with Gasteiger partial charge in [-0.25, -0.2) is 9.78 Å². The second-order valence-electron chi connectivity index (χ2n) is 6.69. The molecule has 1 aromatic carbocycles. The van der Waals surface area contributed by atoms with Crippen LogP contribution in [0.4, 0.5) is 4.79 Å². The summed E-state index contributed by atoms with van der Waals surface area (Å²) in [6, 6.07) is 7.76. The molecule has 1 aliphatic heterocycles. The predicted octanol–water partition coefficient (Wildman–Crippen LogP) is 4.69. The lowest BCUT2D eigenvalue weighted by Crippen LogP contribution is -2.37. The maximum Gasteiger partial charge on any atom is 0.411 e. The molecule has 2 aromatic rings. The van der Waals surface area contributed by atoms with E-state index in [1.807, 2.05) is 57.2 Å². The van der Waals surface area contributed by atoms with Crippen LogP contribution in [0, 0.1) is 0 Å². The molecule has 0 fully saturated rings. The highest BCUT2D eigenvalue weighted by Gasteiger charge is 2.31. The van der Waals surface area contributed by atoms with Crippen molar-refractivity contribution in [2.24, 2.45) is 0 Å². The molecular formula is C18H20BrN3O2. The van der Waals surface area contributed by atoms with Gasteiger partial charge in [0.25, 0.3) is 0 Å². The Bertz CT molecular complexity index is 759. The highest BCUT2D eigenvalue weighted by atomic mass is 79.9. The normalized spacial score (nSPS) is 17.3. The van der Waals surface area contributed by atoms with Gasteiger partial charge in [0.1, 0.15) is 17.5 Å². The average Bonchev–Trinajstić information content (AvgIpc) is 3.15. The van der Waals surface area contributed by atoms with Crippen LogP contribution in [0.3, 0.4) is 0 Å². The number of H-pyrrole nitrogens is 1. The summed E-state index contributed by atoms with van der Waals surface area (Å²) in [6.45, 7) is 6.11. The van der Waals surface area contributed by atoms with Crippen LogP contribution < -0.4 is 0 Å². The first-order valence-electron chi connectivity index (χ1n) is 7.80. The van der Waals surface area contributed by atoms with Crippen molar-refractivity contribution in [1.29, 1.82) is 0 Å².